The summed E-state index contributed by atoms with van der Waals surface area (Å²) in [5, 5.41) is 2.59. The molecule has 0 bridgehead atoms. The lowest BCUT2D eigenvalue weighted by molar-refractivity contribution is -0.925. The quantitative estimate of drug-likeness (QED) is 0.592. The van der Waals surface area contributed by atoms with Crippen LogP contribution < -0.4 is 10.2 Å². The van der Waals surface area contributed by atoms with Gasteiger partial charge < -0.3 is 10.2 Å². The Morgan fingerprint density at radius 2 is 1.93 bits per heavy atom. The Hall–Kier alpha value is -0.0800. The van der Waals surface area contributed by atoms with Gasteiger partial charge in [-0.3, -0.25) is 0 Å². The number of hydrogen-bond donors (Lipinski definition) is 2. The molecule has 2 saturated heterocycles. The summed E-state index contributed by atoms with van der Waals surface area (Å²) in [6.45, 7) is 8.10. The third kappa shape index (κ3) is 2.96. The van der Waals surface area contributed by atoms with Gasteiger partial charge in [-0.2, -0.15) is 0 Å². The minimum Gasteiger partial charge on any atom is -0.339 e. The molecular weight excluding hydrogens is 172 g/mol. The maximum atomic E-state index is 2.59. The van der Waals surface area contributed by atoms with Gasteiger partial charge in [0, 0.05) is 6.42 Å². The summed E-state index contributed by atoms with van der Waals surface area (Å²) in [7, 11) is 0. The van der Waals surface area contributed by atoms with Crippen LogP contribution in [0.15, 0.2) is 0 Å². The number of quaternary nitrogens is 2. The fourth-order valence-electron chi connectivity index (χ4n) is 2.95. The summed E-state index contributed by atoms with van der Waals surface area (Å²) in [6.07, 6.45) is 7.32. The van der Waals surface area contributed by atoms with E-state index in [0.29, 0.717) is 0 Å². The lowest BCUT2D eigenvalue weighted by Gasteiger charge is -2.30. The highest BCUT2D eigenvalue weighted by atomic mass is 15.2. The van der Waals surface area contributed by atoms with Crippen LogP contribution in [-0.4, -0.2) is 32.2 Å². The Kier molecular flexibility index (Phi) is 3.82. The van der Waals surface area contributed by atoms with Gasteiger partial charge in [-0.1, -0.05) is 6.92 Å². The van der Waals surface area contributed by atoms with Gasteiger partial charge in [0.2, 0.25) is 0 Å². The van der Waals surface area contributed by atoms with Crippen molar-refractivity contribution in [2.75, 3.05) is 26.2 Å². The van der Waals surface area contributed by atoms with E-state index in [2.05, 4.69) is 12.2 Å². The first-order chi connectivity index (χ1) is 6.84. The van der Waals surface area contributed by atoms with Crippen LogP contribution in [0, 0.1) is 5.92 Å². The van der Waals surface area contributed by atoms with Crippen molar-refractivity contribution in [2.45, 2.75) is 45.1 Å². The largest absolute Gasteiger partial charge is 0.339 e. The van der Waals surface area contributed by atoms with Gasteiger partial charge >= 0.3 is 0 Å². The van der Waals surface area contributed by atoms with Crippen molar-refractivity contribution in [3.8, 4) is 0 Å². The molecule has 0 aliphatic carbocycles. The third-order valence-corrected chi connectivity index (χ3v) is 4.06. The van der Waals surface area contributed by atoms with Crippen molar-refractivity contribution in [2.24, 2.45) is 5.92 Å². The summed E-state index contributed by atoms with van der Waals surface area (Å²) >= 11 is 0. The molecule has 0 spiro atoms. The summed E-state index contributed by atoms with van der Waals surface area (Å²) in [6, 6.07) is 0.951. The van der Waals surface area contributed by atoms with E-state index in [4.69, 9.17) is 0 Å². The molecule has 2 nitrogen and oxygen atoms in total. The van der Waals surface area contributed by atoms with Crippen molar-refractivity contribution in [3.63, 3.8) is 0 Å². The van der Waals surface area contributed by atoms with E-state index in [-0.39, 0.29) is 0 Å². The summed E-state index contributed by atoms with van der Waals surface area (Å²) < 4.78 is 0. The molecule has 82 valence electrons. The van der Waals surface area contributed by atoms with Gasteiger partial charge in [-0.25, -0.2) is 0 Å². The molecular formula is C12H26N2+2. The fourth-order valence-corrected chi connectivity index (χ4v) is 2.95. The fraction of sp³-hybridized carbons (Fsp3) is 1.00. The van der Waals surface area contributed by atoms with E-state index < -0.39 is 0 Å². The molecule has 1 atom stereocenters. The Labute approximate surface area is 88.1 Å². The van der Waals surface area contributed by atoms with E-state index in [9.17, 15) is 0 Å². The first kappa shape index (κ1) is 10.4. The summed E-state index contributed by atoms with van der Waals surface area (Å²) in [4.78, 5) is 1.88. The Balaban J connectivity index is 1.68. The molecule has 0 radical (unpaired) electrons. The molecule has 3 N–H and O–H groups in total. The van der Waals surface area contributed by atoms with E-state index in [1.807, 2.05) is 4.90 Å². The average Bonchev–Trinajstić information content (AvgIpc) is 2.23. The van der Waals surface area contributed by atoms with E-state index in [1.54, 1.807) is 0 Å². The molecule has 2 aliphatic heterocycles. The number of piperidine rings is 2. The molecule has 0 aromatic heterocycles. The van der Waals surface area contributed by atoms with Gasteiger partial charge in [0.15, 0.2) is 0 Å². The minimum absolute atomic E-state index is 0.951. The van der Waals surface area contributed by atoms with Crippen LogP contribution >= 0.6 is 0 Å². The van der Waals surface area contributed by atoms with Gasteiger partial charge in [0.1, 0.15) is 12.6 Å². The lowest BCUT2D eigenvalue weighted by Crippen LogP contribution is -3.17. The first-order valence-electron chi connectivity index (χ1n) is 6.51. The van der Waals surface area contributed by atoms with E-state index >= 15 is 0 Å². The first-order valence-corrected chi connectivity index (χ1v) is 6.51. The molecule has 0 aromatic carbocycles. The molecule has 0 saturated carbocycles. The highest BCUT2D eigenvalue weighted by molar-refractivity contribution is 4.60. The van der Waals surface area contributed by atoms with Crippen LogP contribution in [-0.2, 0) is 0 Å². The third-order valence-electron chi connectivity index (χ3n) is 4.06. The second kappa shape index (κ2) is 5.13. The van der Waals surface area contributed by atoms with E-state index in [0.717, 1.165) is 12.0 Å². The maximum absolute atomic E-state index is 2.59. The predicted molar refractivity (Wildman–Crippen MR) is 58.4 cm³/mol. The molecule has 2 fully saturated rings. The lowest BCUT2D eigenvalue weighted by atomic mass is 9.97. The summed E-state index contributed by atoms with van der Waals surface area (Å²) in [5.41, 5.74) is 0. The standard InChI is InChI=1S/C12H24N2/c1-11-5-8-14(9-6-11)10-12-4-2-3-7-13-12/h11-13H,2-10H2,1H3/p+2/t12-/m1/s1. The topological polar surface area (TPSA) is 21.1 Å². The SMILES string of the molecule is CC1CC[NH+](C[C@H]2CCCC[NH2+]2)CC1. The molecule has 0 amide bonds. The Morgan fingerprint density at radius 3 is 2.57 bits per heavy atom. The zero-order valence-electron chi connectivity index (χ0n) is 9.60. The van der Waals surface area contributed by atoms with Crippen LogP contribution in [0.2, 0.25) is 0 Å². The number of hydrogen-bond acceptors (Lipinski definition) is 0. The number of likely N-dealkylation sites (tertiary alicyclic amines) is 1. The van der Waals surface area contributed by atoms with Crippen molar-refractivity contribution < 1.29 is 10.2 Å². The Bertz CT molecular complexity index is 156. The molecule has 2 heterocycles. The second-order valence-corrected chi connectivity index (χ2v) is 5.42. The number of rotatable bonds is 2. The normalized spacial score (nSPS) is 39.6. The zero-order chi connectivity index (χ0) is 9.80. The zero-order valence-corrected chi connectivity index (χ0v) is 9.60. The summed E-state index contributed by atoms with van der Waals surface area (Å²) in [5.74, 6) is 0.995. The van der Waals surface area contributed by atoms with Crippen molar-refractivity contribution in [1.82, 2.24) is 0 Å². The van der Waals surface area contributed by atoms with Crippen LogP contribution in [0.25, 0.3) is 0 Å². The molecule has 0 unspecified atom stereocenters. The van der Waals surface area contributed by atoms with Gasteiger partial charge in [0.25, 0.3) is 0 Å². The molecule has 2 rings (SSSR count). The van der Waals surface area contributed by atoms with Crippen LogP contribution in [0.3, 0.4) is 0 Å². The van der Waals surface area contributed by atoms with Crippen LogP contribution in [0.4, 0.5) is 0 Å². The maximum Gasteiger partial charge on any atom is 0.135 e. The van der Waals surface area contributed by atoms with Gasteiger partial charge in [0.05, 0.1) is 19.6 Å². The highest BCUT2D eigenvalue weighted by Gasteiger charge is 2.25. The van der Waals surface area contributed by atoms with Crippen LogP contribution in [0.5, 0.6) is 0 Å². The average molecular weight is 198 g/mol. The smallest absolute Gasteiger partial charge is 0.135 e. The number of nitrogens with one attached hydrogen (secondary N) is 1. The monoisotopic (exact) mass is 198 g/mol. The van der Waals surface area contributed by atoms with Crippen molar-refractivity contribution in [3.05, 3.63) is 0 Å². The van der Waals surface area contributed by atoms with Gasteiger partial charge in [-0.15, -0.1) is 0 Å². The molecule has 0 aromatic rings. The molecule has 2 heteroatoms. The Morgan fingerprint density at radius 1 is 1.14 bits per heavy atom. The highest BCUT2D eigenvalue weighted by Crippen LogP contribution is 2.07. The second-order valence-electron chi connectivity index (χ2n) is 5.42. The van der Waals surface area contributed by atoms with E-state index in [1.165, 1.54) is 58.3 Å². The van der Waals surface area contributed by atoms with Crippen molar-refractivity contribution >= 4 is 0 Å². The predicted octanol–water partition coefficient (Wildman–Crippen LogP) is -0.583. The molecule has 2 aliphatic rings. The minimum atomic E-state index is 0.951. The molecule has 14 heavy (non-hydrogen) atoms. The van der Waals surface area contributed by atoms with Gasteiger partial charge in [-0.05, 0) is 31.6 Å². The van der Waals surface area contributed by atoms with Crippen molar-refractivity contribution in [1.29, 1.82) is 0 Å². The van der Waals surface area contributed by atoms with Crippen LogP contribution in [0.1, 0.15) is 39.0 Å². The number of nitrogens with two attached hydrogens (primary N) is 1.